The molecule has 0 fully saturated rings. The molecule has 0 aromatic rings. The van der Waals surface area contributed by atoms with Crippen molar-refractivity contribution in [2.24, 2.45) is 5.92 Å². The lowest BCUT2D eigenvalue weighted by Crippen LogP contribution is -2.34. The van der Waals surface area contributed by atoms with Gasteiger partial charge in [-0.25, -0.2) is 0 Å². The SMILES string of the molecule is CCCCCCCC/C=C\CCCCCCC(C(=O)O)C(S)(S)CS. The highest BCUT2D eigenvalue weighted by atomic mass is 32.2. The Balaban J connectivity index is 3.57. The van der Waals surface area contributed by atoms with Gasteiger partial charge in [-0.1, -0.05) is 70.4 Å². The first-order chi connectivity index (χ1) is 12.0. The third-order valence-electron chi connectivity index (χ3n) is 4.59. The zero-order valence-corrected chi connectivity index (χ0v) is 18.5. The molecule has 0 amide bonds. The van der Waals surface area contributed by atoms with Gasteiger partial charge in [0.05, 0.1) is 10.00 Å². The Kier molecular flexibility index (Phi) is 16.6. The van der Waals surface area contributed by atoms with Crippen molar-refractivity contribution in [3.63, 3.8) is 0 Å². The molecule has 0 heterocycles. The second-order valence-corrected chi connectivity index (χ2v) is 9.21. The first kappa shape index (κ1) is 25.3. The first-order valence-electron chi connectivity index (χ1n) is 9.89. The maximum Gasteiger partial charge on any atom is 0.308 e. The van der Waals surface area contributed by atoms with E-state index in [1.807, 2.05) is 0 Å². The lowest BCUT2D eigenvalue weighted by Gasteiger charge is -2.27. The molecular weight excluding hydrogens is 368 g/mol. The Morgan fingerprint density at radius 1 is 0.920 bits per heavy atom. The molecule has 0 aromatic heterocycles. The summed E-state index contributed by atoms with van der Waals surface area (Å²) in [5, 5.41) is 9.30. The second kappa shape index (κ2) is 16.4. The quantitative estimate of drug-likeness (QED) is 0.0925. The van der Waals surface area contributed by atoms with Crippen molar-refractivity contribution < 1.29 is 9.90 Å². The molecule has 0 bridgehead atoms. The molecule has 0 spiro atoms. The zero-order valence-electron chi connectivity index (χ0n) is 15.8. The summed E-state index contributed by atoms with van der Waals surface area (Å²) in [6, 6.07) is 0. The normalized spacial score (nSPS) is 13.4. The Labute approximate surface area is 171 Å². The van der Waals surface area contributed by atoms with Crippen molar-refractivity contribution in [3.8, 4) is 0 Å². The lowest BCUT2D eigenvalue weighted by molar-refractivity contribution is -0.142. The largest absolute Gasteiger partial charge is 0.481 e. The van der Waals surface area contributed by atoms with Gasteiger partial charge in [-0.2, -0.15) is 37.9 Å². The minimum atomic E-state index is -0.839. The number of aliphatic carboxylic acids is 1. The van der Waals surface area contributed by atoms with Crippen molar-refractivity contribution in [1.29, 1.82) is 0 Å². The Morgan fingerprint density at radius 2 is 1.40 bits per heavy atom. The number of carbonyl (C=O) groups is 1. The van der Waals surface area contributed by atoms with Crippen LogP contribution in [0.2, 0.25) is 0 Å². The van der Waals surface area contributed by atoms with Crippen molar-refractivity contribution in [1.82, 2.24) is 0 Å². The van der Waals surface area contributed by atoms with Crippen LogP contribution in [0.15, 0.2) is 12.2 Å². The van der Waals surface area contributed by atoms with Gasteiger partial charge in [-0.05, 0) is 32.1 Å². The van der Waals surface area contributed by atoms with Crippen LogP contribution in [-0.4, -0.2) is 20.9 Å². The number of allylic oxidation sites excluding steroid dienone is 2. The number of carboxylic acids is 1. The summed E-state index contributed by atoms with van der Waals surface area (Å²) in [5.41, 5.74) is 0. The average molecular weight is 407 g/mol. The Morgan fingerprint density at radius 3 is 1.88 bits per heavy atom. The molecule has 5 heteroatoms. The summed E-state index contributed by atoms with van der Waals surface area (Å²) in [5.74, 6) is -1.02. The van der Waals surface area contributed by atoms with Crippen LogP contribution in [0.5, 0.6) is 0 Å². The standard InChI is InChI=1S/C20H38O2S3/c1-2-3-4-5-6-7-8-9-10-11-12-13-14-15-16-18(19(21)22)20(24,25)17-23/h9-10,18,23-25H,2-8,11-17H2,1H3,(H,21,22)/b10-9-. The van der Waals surface area contributed by atoms with Gasteiger partial charge in [0.25, 0.3) is 0 Å². The minimum absolute atomic E-state index is 0.347. The van der Waals surface area contributed by atoms with Crippen LogP contribution in [0.3, 0.4) is 0 Å². The summed E-state index contributed by atoms with van der Waals surface area (Å²) in [4.78, 5) is 11.3. The third-order valence-corrected chi connectivity index (χ3v) is 6.53. The molecule has 0 saturated heterocycles. The maximum atomic E-state index is 11.3. The summed E-state index contributed by atoms with van der Waals surface area (Å²) in [6.45, 7) is 2.25. The number of hydrogen-bond donors (Lipinski definition) is 4. The van der Waals surface area contributed by atoms with Gasteiger partial charge in [0.2, 0.25) is 0 Å². The fourth-order valence-electron chi connectivity index (χ4n) is 2.91. The second-order valence-electron chi connectivity index (χ2n) is 6.95. The van der Waals surface area contributed by atoms with E-state index < -0.39 is 16.0 Å². The summed E-state index contributed by atoms with van der Waals surface area (Å²) in [7, 11) is 0. The van der Waals surface area contributed by atoms with Crippen LogP contribution in [0.25, 0.3) is 0 Å². The highest BCUT2D eigenvalue weighted by Crippen LogP contribution is 2.34. The molecule has 0 aliphatic rings. The van der Waals surface area contributed by atoms with Crippen LogP contribution in [0.4, 0.5) is 0 Å². The Bertz CT molecular complexity index is 357. The zero-order chi connectivity index (χ0) is 19.0. The molecule has 0 radical (unpaired) electrons. The van der Waals surface area contributed by atoms with Crippen LogP contribution in [0, 0.1) is 5.92 Å². The van der Waals surface area contributed by atoms with E-state index >= 15 is 0 Å². The van der Waals surface area contributed by atoms with Crippen molar-refractivity contribution in [2.45, 2.75) is 94.5 Å². The molecule has 148 valence electrons. The highest BCUT2D eigenvalue weighted by Gasteiger charge is 2.35. The molecule has 1 unspecified atom stereocenters. The molecule has 0 aliphatic carbocycles. The fraction of sp³-hybridized carbons (Fsp3) is 0.850. The summed E-state index contributed by atoms with van der Waals surface area (Å²) < 4.78 is -0.839. The van der Waals surface area contributed by atoms with Gasteiger partial charge in [0, 0.05) is 5.75 Å². The van der Waals surface area contributed by atoms with E-state index in [2.05, 4.69) is 57.0 Å². The predicted molar refractivity (Wildman–Crippen MR) is 121 cm³/mol. The van der Waals surface area contributed by atoms with Crippen LogP contribution in [0.1, 0.15) is 90.4 Å². The molecule has 1 atom stereocenters. The van der Waals surface area contributed by atoms with Gasteiger partial charge >= 0.3 is 5.97 Å². The van der Waals surface area contributed by atoms with Gasteiger partial charge < -0.3 is 5.11 Å². The van der Waals surface area contributed by atoms with Gasteiger partial charge in [-0.15, -0.1) is 0 Å². The molecule has 0 rings (SSSR count). The van der Waals surface area contributed by atoms with E-state index in [1.54, 1.807) is 0 Å². The number of hydrogen-bond acceptors (Lipinski definition) is 4. The number of unbranched alkanes of at least 4 members (excludes halogenated alkanes) is 10. The van der Waals surface area contributed by atoms with Gasteiger partial charge in [0.1, 0.15) is 0 Å². The van der Waals surface area contributed by atoms with E-state index in [1.165, 1.54) is 51.4 Å². The van der Waals surface area contributed by atoms with E-state index in [4.69, 9.17) is 0 Å². The summed E-state index contributed by atoms with van der Waals surface area (Å²) >= 11 is 12.8. The predicted octanol–water partition coefficient (Wildman–Crippen LogP) is 6.82. The van der Waals surface area contributed by atoms with Gasteiger partial charge in [0.15, 0.2) is 0 Å². The highest BCUT2D eigenvalue weighted by molar-refractivity contribution is 8.02. The maximum absolute atomic E-state index is 11.3. The molecule has 25 heavy (non-hydrogen) atoms. The van der Waals surface area contributed by atoms with E-state index in [0.29, 0.717) is 12.2 Å². The molecular formula is C20H38O2S3. The number of thiol groups is 3. The number of carboxylic acid groups (broad SMARTS) is 1. The molecule has 1 N–H and O–H groups in total. The van der Waals surface area contributed by atoms with Crippen LogP contribution < -0.4 is 0 Å². The molecule has 0 aliphatic heterocycles. The molecule has 2 nitrogen and oxygen atoms in total. The molecule has 0 aromatic carbocycles. The topological polar surface area (TPSA) is 37.3 Å². The van der Waals surface area contributed by atoms with E-state index in [9.17, 15) is 9.90 Å². The Hall–Kier alpha value is 0.260. The first-order valence-corrected chi connectivity index (χ1v) is 11.4. The molecule has 0 saturated carbocycles. The average Bonchev–Trinajstić information content (AvgIpc) is 2.57. The summed E-state index contributed by atoms with van der Waals surface area (Å²) in [6.07, 6.45) is 20.1. The van der Waals surface area contributed by atoms with E-state index in [-0.39, 0.29) is 0 Å². The fourth-order valence-corrected chi connectivity index (χ4v) is 3.60. The lowest BCUT2D eigenvalue weighted by atomic mass is 9.97. The van der Waals surface area contributed by atoms with Crippen molar-refractivity contribution in [3.05, 3.63) is 12.2 Å². The van der Waals surface area contributed by atoms with Crippen LogP contribution >= 0.6 is 37.9 Å². The monoisotopic (exact) mass is 406 g/mol. The van der Waals surface area contributed by atoms with Gasteiger partial charge in [-0.3, -0.25) is 4.79 Å². The third kappa shape index (κ3) is 14.0. The van der Waals surface area contributed by atoms with Crippen molar-refractivity contribution >= 4 is 43.9 Å². The minimum Gasteiger partial charge on any atom is -0.481 e. The van der Waals surface area contributed by atoms with E-state index in [0.717, 1.165) is 25.7 Å². The number of rotatable bonds is 17. The van der Waals surface area contributed by atoms with Crippen molar-refractivity contribution in [2.75, 3.05) is 5.75 Å². The smallest absolute Gasteiger partial charge is 0.308 e. The van der Waals surface area contributed by atoms with Crippen LogP contribution in [-0.2, 0) is 4.79 Å².